The lowest BCUT2D eigenvalue weighted by Crippen LogP contribution is -2.54. The Balaban J connectivity index is 1.36. The number of fused-ring (bicyclic) bond motifs is 2. The van der Waals surface area contributed by atoms with Gasteiger partial charge >= 0.3 is 0 Å². The van der Waals surface area contributed by atoms with Crippen molar-refractivity contribution in [2.75, 3.05) is 13.2 Å². The van der Waals surface area contributed by atoms with Gasteiger partial charge in [-0.25, -0.2) is 0 Å². The second kappa shape index (κ2) is 7.81. The van der Waals surface area contributed by atoms with Crippen LogP contribution < -0.4 is 0 Å². The van der Waals surface area contributed by atoms with Gasteiger partial charge in [-0.05, 0) is 37.5 Å². The molecule has 4 heteroatoms. The number of unbranched alkanes of at least 4 members (excludes halogenated alkanes) is 4. The van der Waals surface area contributed by atoms with E-state index in [1.165, 1.54) is 25.7 Å². The van der Waals surface area contributed by atoms with Crippen molar-refractivity contribution in [3.63, 3.8) is 0 Å². The van der Waals surface area contributed by atoms with Gasteiger partial charge in [0.05, 0.1) is 25.4 Å². The topological polar surface area (TPSA) is 58.9 Å². The smallest absolute Gasteiger partial charge is 0.171 e. The van der Waals surface area contributed by atoms with Crippen molar-refractivity contribution in [2.24, 2.45) is 17.8 Å². The summed E-state index contributed by atoms with van der Waals surface area (Å²) in [6.07, 6.45) is 10.2. The van der Waals surface area contributed by atoms with Crippen molar-refractivity contribution < 1.29 is 19.7 Å². The van der Waals surface area contributed by atoms with Crippen LogP contribution >= 0.6 is 0 Å². The van der Waals surface area contributed by atoms with E-state index in [4.69, 9.17) is 9.47 Å². The lowest BCUT2D eigenvalue weighted by molar-refractivity contribution is -0.272. The maximum Gasteiger partial charge on any atom is 0.171 e. The van der Waals surface area contributed by atoms with Gasteiger partial charge < -0.3 is 19.7 Å². The van der Waals surface area contributed by atoms with Crippen LogP contribution in [-0.2, 0) is 9.47 Å². The summed E-state index contributed by atoms with van der Waals surface area (Å²) in [4.78, 5) is 0. The Morgan fingerprint density at radius 3 is 2.57 bits per heavy atom. The van der Waals surface area contributed by atoms with Crippen LogP contribution in [0.4, 0.5) is 0 Å². The van der Waals surface area contributed by atoms with Crippen molar-refractivity contribution in [1.29, 1.82) is 0 Å². The van der Waals surface area contributed by atoms with Gasteiger partial charge in [-0.15, -0.1) is 0 Å². The molecule has 3 fully saturated rings. The van der Waals surface area contributed by atoms with E-state index < -0.39 is 0 Å². The first-order valence-electron chi connectivity index (χ1n) is 9.80. The highest BCUT2D eigenvalue weighted by molar-refractivity contribution is 5.08. The van der Waals surface area contributed by atoms with Gasteiger partial charge in [-0.1, -0.05) is 39.0 Å². The average molecular weight is 326 g/mol. The Morgan fingerprint density at radius 2 is 1.83 bits per heavy atom. The van der Waals surface area contributed by atoms with Gasteiger partial charge in [0.15, 0.2) is 5.79 Å². The predicted molar refractivity (Wildman–Crippen MR) is 89.0 cm³/mol. The third-order valence-corrected chi connectivity index (χ3v) is 6.39. The Hall–Kier alpha value is -0.160. The number of aliphatic hydroxyl groups excluding tert-OH is 2. The van der Waals surface area contributed by atoms with Gasteiger partial charge in [0.1, 0.15) is 0 Å². The van der Waals surface area contributed by atoms with Crippen LogP contribution in [0.15, 0.2) is 0 Å². The normalized spacial score (nSPS) is 36.1. The van der Waals surface area contributed by atoms with E-state index in [0.717, 1.165) is 38.5 Å². The highest BCUT2D eigenvalue weighted by Crippen LogP contribution is 2.60. The molecule has 5 atom stereocenters. The van der Waals surface area contributed by atoms with E-state index in [1.807, 2.05) is 0 Å². The van der Waals surface area contributed by atoms with Crippen LogP contribution in [-0.4, -0.2) is 41.4 Å². The number of hydrogen-bond donors (Lipinski definition) is 2. The third-order valence-electron chi connectivity index (χ3n) is 6.39. The largest absolute Gasteiger partial charge is 0.393 e. The molecule has 2 saturated carbocycles. The summed E-state index contributed by atoms with van der Waals surface area (Å²) < 4.78 is 11.6. The lowest BCUT2D eigenvalue weighted by Gasteiger charge is -2.49. The summed E-state index contributed by atoms with van der Waals surface area (Å²) in [5.41, 5.74) is 0. The maximum absolute atomic E-state index is 10.4. The van der Waals surface area contributed by atoms with Crippen LogP contribution in [0.25, 0.3) is 0 Å². The summed E-state index contributed by atoms with van der Waals surface area (Å²) in [6, 6.07) is 0. The number of rotatable bonds is 9. The molecule has 0 aromatic carbocycles. The molecule has 0 aromatic heterocycles. The highest BCUT2D eigenvalue weighted by Gasteiger charge is 2.64. The van der Waals surface area contributed by atoms with Crippen molar-refractivity contribution in [2.45, 2.75) is 89.1 Å². The Kier molecular flexibility index (Phi) is 6.00. The second-order valence-corrected chi connectivity index (χ2v) is 7.88. The minimum atomic E-state index is -0.363. The summed E-state index contributed by atoms with van der Waals surface area (Å²) in [5, 5.41) is 20.6. The molecule has 0 amide bonds. The first-order chi connectivity index (χ1) is 11.2. The number of hydrogen-bond acceptors (Lipinski definition) is 4. The minimum absolute atomic E-state index is 0.198. The van der Waals surface area contributed by atoms with E-state index in [9.17, 15) is 10.2 Å². The summed E-state index contributed by atoms with van der Waals surface area (Å²) in [6.45, 7) is 3.61. The fourth-order valence-corrected chi connectivity index (χ4v) is 5.03. The average Bonchev–Trinajstić information content (AvgIpc) is 3.11. The van der Waals surface area contributed by atoms with Gasteiger partial charge in [-0.2, -0.15) is 0 Å². The zero-order valence-corrected chi connectivity index (χ0v) is 14.6. The molecule has 5 unspecified atom stereocenters. The minimum Gasteiger partial charge on any atom is -0.393 e. The van der Waals surface area contributed by atoms with Crippen molar-refractivity contribution in [3.05, 3.63) is 0 Å². The fraction of sp³-hybridized carbons (Fsp3) is 1.00. The van der Waals surface area contributed by atoms with Crippen molar-refractivity contribution in [1.82, 2.24) is 0 Å². The first kappa shape index (κ1) is 17.7. The van der Waals surface area contributed by atoms with E-state index in [2.05, 4.69) is 6.92 Å². The van der Waals surface area contributed by atoms with Crippen LogP contribution in [0.1, 0.15) is 71.1 Å². The lowest BCUT2D eigenvalue weighted by atomic mass is 9.66. The van der Waals surface area contributed by atoms with Crippen LogP contribution in [0, 0.1) is 17.8 Å². The molecule has 0 aromatic rings. The Bertz CT molecular complexity index is 366. The van der Waals surface area contributed by atoms with Gasteiger partial charge in [0.25, 0.3) is 0 Å². The molecule has 4 nitrogen and oxygen atoms in total. The monoisotopic (exact) mass is 326 g/mol. The van der Waals surface area contributed by atoms with Gasteiger partial charge in [0.2, 0.25) is 0 Å². The maximum atomic E-state index is 10.4. The Labute approximate surface area is 140 Å². The Morgan fingerprint density at radius 1 is 1.09 bits per heavy atom. The number of ether oxygens (including phenoxy) is 2. The summed E-state index contributed by atoms with van der Waals surface area (Å²) in [5.74, 6) is 0.863. The molecule has 134 valence electrons. The summed E-state index contributed by atoms with van der Waals surface area (Å²) in [7, 11) is 0. The second-order valence-electron chi connectivity index (χ2n) is 7.88. The molecular formula is C19H34O4. The van der Waals surface area contributed by atoms with Crippen LogP contribution in [0.3, 0.4) is 0 Å². The van der Waals surface area contributed by atoms with E-state index in [-0.39, 0.29) is 18.0 Å². The quantitative estimate of drug-likeness (QED) is 0.639. The molecule has 2 N–H and O–H groups in total. The molecule has 3 aliphatic rings. The molecule has 1 saturated heterocycles. The van der Waals surface area contributed by atoms with Crippen LogP contribution in [0.5, 0.6) is 0 Å². The number of aliphatic hydroxyl groups is 2. The van der Waals surface area contributed by atoms with E-state index in [0.29, 0.717) is 31.0 Å². The van der Waals surface area contributed by atoms with E-state index in [1.54, 1.807) is 0 Å². The predicted octanol–water partition coefficient (Wildman–Crippen LogP) is 3.25. The van der Waals surface area contributed by atoms with Crippen LogP contribution in [0.2, 0.25) is 0 Å². The highest BCUT2D eigenvalue weighted by atomic mass is 16.7. The molecule has 1 heterocycles. The standard InChI is InChI=1S/C19H34O4/c1-2-3-4-5-6-7-14(20)8-9-15-16-13-19(22-10-11-23-19)17(16)12-18(15)21/h14-18,20-21H,2-13H2,1H3. The third kappa shape index (κ3) is 3.76. The van der Waals surface area contributed by atoms with Crippen molar-refractivity contribution in [3.8, 4) is 0 Å². The molecule has 1 spiro atoms. The fourth-order valence-electron chi connectivity index (χ4n) is 5.03. The molecule has 3 rings (SSSR count). The zero-order valence-electron chi connectivity index (χ0n) is 14.6. The zero-order chi connectivity index (χ0) is 16.3. The van der Waals surface area contributed by atoms with Gasteiger partial charge in [-0.3, -0.25) is 0 Å². The van der Waals surface area contributed by atoms with Gasteiger partial charge in [0, 0.05) is 12.3 Å². The molecule has 0 radical (unpaired) electrons. The molecular weight excluding hydrogens is 292 g/mol. The SMILES string of the molecule is CCCCCCCC(O)CCC1C(O)CC2C1CC21OCCO1. The molecule has 23 heavy (non-hydrogen) atoms. The van der Waals surface area contributed by atoms with Crippen molar-refractivity contribution >= 4 is 0 Å². The molecule has 2 aliphatic carbocycles. The summed E-state index contributed by atoms with van der Waals surface area (Å²) >= 11 is 0. The molecule has 1 aliphatic heterocycles. The van der Waals surface area contributed by atoms with E-state index >= 15 is 0 Å². The first-order valence-corrected chi connectivity index (χ1v) is 9.80. The molecule has 0 bridgehead atoms.